The molecule has 4 aromatic rings. The molecule has 0 amide bonds. The lowest BCUT2D eigenvalue weighted by Crippen LogP contribution is -2.23. The van der Waals surface area contributed by atoms with Crippen molar-refractivity contribution < 1.29 is 4.39 Å². The Bertz CT molecular complexity index is 1120. The zero-order valence-corrected chi connectivity index (χ0v) is 13.4. The van der Waals surface area contributed by atoms with Gasteiger partial charge in [0.2, 0.25) is 0 Å². The number of hydrogen-bond donors (Lipinski definition) is 0. The molecule has 0 aliphatic heterocycles. The van der Waals surface area contributed by atoms with Gasteiger partial charge in [0, 0.05) is 31.2 Å². The zero-order valence-electron chi connectivity index (χ0n) is 13.4. The molecule has 25 heavy (non-hydrogen) atoms. The summed E-state index contributed by atoms with van der Waals surface area (Å²) in [5.41, 5.74) is 2.45. The van der Waals surface area contributed by atoms with Crippen molar-refractivity contribution in [3.05, 3.63) is 77.1 Å². The van der Waals surface area contributed by atoms with Crippen LogP contribution in [0, 0.1) is 5.82 Å². The molecule has 0 aliphatic rings. The van der Waals surface area contributed by atoms with Gasteiger partial charge in [-0.15, -0.1) is 0 Å². The highest BCUT2D eigenvalue weighted by Crippen LogP contribution is 2.23. The minimum Gasteiger partial charge on any atom is -0.283 e. The van der Waals surface area contributed by atoms with Crippen molar-refractivity contribution in [3.8, 4) is 11.1 Å². The molecule has 4 rings (SSSR count). The van der Waals surface area contributed by atoms with Crippen LogP contribution in [0.5, 0.6) is 0 Å². The molecule has 0 saturated carbocycles. The maximum atomic E-state index is 13.5. The van der Waals surface area contributed by atoms with E-state index >= 15 is 0 Å². The molecular formula is C18H14FN5O. The highest BCUT2D eigenvalue weighted by molar-refractivity contribution is 5.78. The average Bonchev–Trinajstić information content (AvgIpc) is 2.87. The Morgan fingerprint density at radius 3 is 2.60 bits per heavy atom. The summed E-state index contributed by atoms with van der Waals surface area (Å²) in [5.74, 6) is 0.217. The predicted molar refractivity (Wildman–Crippen MR) is 91.5 cm³/mol. The molecule has 0 atom stereocenters. The molecule has 7 heteroatoms. The molecule has 124 valence electrons. The van der Waals surface area contributed by atoms with Crippen LogP contribution in [0.25, 0.3) is 22.3 Å². The molecule has 0 bridgehead atoms. The van der Waals surface area contributed by atoms with Crippen molar-refractivity contribution in [1.29, 1.82) is 0 Å². The van der Waals surface area contributed by atoms with E-state index in [0.29, 0.717) is 22.6 Å². The second-order valence-corrected chi connectivity index (χ2v) is 5.67. The van der Waals surface area contributed by atoms with Gasteiger partial charge in [-0.1, -0.05) is 12.1 Å². The Hall–Kier alpha value is -3.35. The number of benzene rings is 1. The molecule has 0 N–H and O–H groups in total. The smallest absolute Gasteiger partial charge is 0.283 e. The summed E-state index contributed by atoms with van der Waals surface area (Å²) in [6.07, 6.45) is 4.91. The summed E-state index contributed by atoms with van der Waals surface area (Å²) in [6.45, 7) is 0.241. The van der Waals surface area contributed by atoms with E-state index < -0.39 is 0 Å². The SMILES string of the molecule is Cn1c(=O)n(Cc2ncccn2)c2cc(-c3cccc(F)c3)cnc21. The number of hydrogen-bond acceptors (Lipinski definition) is 4. The molecule has 0 spiro atoms. The number of halogens is 1. The third-order valence-corrected chi connectivity index (χ3v) is 4.05. The first-order valence-corrected chi connectivity index (χ1v) is 7.70. The van der Waals surface area contributed by atoms with Crippen molar-refractivity contribution in [3.63, 3.8) is 0 Å². The molecule has 3 heterocycles. The first-order valence-electron chi connectivity index (χ1n) is 7.70. The van der Waals surface area contributed by atoms with E-state index in [-0.39, 0.29) is 18.1 Å². The first kappa shape index (κ1) is 15.2. The van der Waals surface area contributed by atoms with Gasteiger partial charge in [-0.25, -0.2) is 24.1 Å². The van der Waals surface area contributed by atoms with Gasteiger partial charge >= 0.3 is 5.69 Å². The average molecular weight is 335 g/mol. The monoisotopic (exact) mass is 335 g/mol. The lowest BCUT2D eigenvalue weighted by atomic mass is 10.1. The van der Waals surface area contributed by atoms with Gasteiger partial charge in [0.1, 0.15) is 11.6 Å². The number of pyridine rings is 1. The van der Waals surface area contributed by atoms with Gasteiger partial charge in [-0.05, 0) is 29.8 Å². The van der Waals surface area contributed by atoms with E-state index in [1.54, 1.807) is 48.4 Å². The fourth-order valence-corrected chi connectivity index (χ4v) is 2.81. The summed E-state index contributed by atoms with van der Waals surface area (Å²) in [7, 11) is 1.67. The van der Waals surface area contributed by atoms with Crippen molar-refractivity contribution in [2.45, 2.75) is 6.54 Å². The molecule has 0 unspecified atom stereocenters. The summed E-state index contributed by atoms with van der Waals surface area (Å²) < 4.78 is 16.6. The minimum atomic E-state index is -0.319. The number of nitrogens with zero attached hydrogens (tertiary/aromatic N) is 5. The maximum Gasteiger partial charge on any atom is 0.330 e. The molecule has 0 aliphatic carbocycles. The maximum absolute atomic E-state index is 13.5. The number of rotatable bonds is 3. The lowest BCUT2D eigenvalue weighted by molar-refractivity contribution is 0.628. The molecule has 1 aromatic carbocycles. The summed E-state index contributed by atoms with van der Waals surface area (Å²) >= 11 is 0. The van der Waals surface area contributed by atoms with E-state index in [1.807, 2.05) is 6.07 Å². The fourth-order valence-electron chi connectivity index (χ4n) is 2.81. The van der Waals surface area contributed by atoms with Crippen molar-refractivity contribution in [1.82, 2.24) is 24.1 Å². The van der Waals surface area contributed by atoms with Crippen molar-refractivity contribution in [2.24, 2.45) is 7.05 Å². The van der Waals surface area contributed by atoms with Gasteiger partial charge in [0.05, 0.1) is 12.1 Å². The first-order chi connectivity index (χ1) is 12.1. The zero-order chi connectivity index (χ0) is 17.4. The van der Waals surface area contributed by atoms with Crippen LogP contribution >= 0.6 is 0 Å². The molecule has 3 aromatic heterocycles. The minimum absolute atomic E-state index is 0.202. The number of aryl methyl sites for hydroxylation is 1. The Balaban J connectivity index is 1.89. The van der Waals surface area contributed by atoms with E-state index in [2.05, 4.69) is 15.0 Å². The van der Waals surface area contributed by atoms with E-state index in [4.69, 9.17) is 0 Å². The normalized spacial score (nSPS) is 11.1. The Kier molecular flexibility index (Phi) is 3.61. The summed E-state index contributed by atoms with van der Waals surface area (Å²) in [4.78, 5) is 25.3. The quantitative estimate of drug-likeness (QED) is 0.576. The van der Waals surface area contributed by atoms with E-state index in [0.717, 1.165) is 5.56 Å². The number of aromatic nitrogens is 5. The Morgan fingerprint density at radius 2 is 1.84 bits per heavy atom. The lowest BCUT2D eigenvalue weighted by Gasteiger charge is -2.04. The van der Waals surface area contributed by atoms with Gasteiger partial charge in [0.15, 0.2) is 5.65 Å². The predicted octanol–water partition coefficient (Wildman–Crippen LogP) is 2.38. The molecule has 0 saturated heterocycles. The highest BCUT2D eigenvalue weighted by atomic mass is 19.1. The topological polar surface area (TPSA) is 65.6 Å². The standard InChI is InChI=1S/C18H14FN5O/c1-23-17-15(24(18(23)25)11-16-20-6-3-7-21-16)9-13(10-22-17)12-4-2-5-14(19)8-12/h2-10H,11H2,1H3. The highest BCUT2D eigenvalue weighted by Gasteiger charge is 2.14. The van der Waals surface area contributed by atoms with Crippen LogP contribution in [-0.2, 0) is 13.6 Å². The third kappa shape index (κ3) is 2.69. The van der Waals surface area contributed by atoms with Crippen molar-refractivity contribution in [2.75, 3.05) is 0 Å². The summed E-state index contributed by atoms with van der Waals surface area (Å²) in [6, 6.07) is 9.83. The van der Waals surface area contributed by atoms with Crippen LogP contribution in [0.4, 0.5) is 4.39 Å². The van der Waals surface area contributed by atoms with Crippen LogP contribution in [0.15, 0.2) is 59.8 Å². The Labute approximate surface area is 142 Å². The van der Waals surface area contributed by atoms with Crippen molar-refractivity contribution >= 4 is 11.2 Å². The van der Waals surface area contributed by atoms with Gasteiger partial charge in [-0.3, -0.25) is 9.13 Å². The van der Waals surface area contributed by atoms with Gasteiger partial charge in [-0.2, -0.15) is 0 Å². The third-order valence-electron chi connectivity index (χ3n) is 4.05. The number of fused-ring (bicyclic) bond motifs is 1. The van der Waals surface area contributed by atoms with Crippen LogP contribution in [0.1, 0.15) is 5.82 Å². The van der Waals surface area contributed by atoms with Gasteiger partial charge < -0.3 is 0 Å². The van der Waals surface area contributed by atoms with Crippen LogP contribution < -0.4 is 5.69 Å². The van der Waals surface area contributed by atoms with Crippen LogP contribution in [0.3, 0.4) is 0 Å². The van der Waals surface area contributed by atoms with Crippen LogP contribution in [0.2, 0.25) is 0 Å². The second kappa shape index (κ2) is 5.94. The summed E-state index contributed by atoms with van der Waals surface area (Å²) in [5, 5.41) is 0. The molecule has 6 nitrogen and oxygen atoms in total. The number of imidazole rings is 1. The largest absolute Gasteiger partial charge is 0.330 e. The van der Waals surface area contributed by atoms with E-state index in [1.165, 1.54) is 16.7 Å². The van der Waals surface area contributed by atoms with Crippen LogP contribution in [-0.4, -0.2) is 24.1 Å². The van der Waals surface area contributed by atoms with E-state index in [9.17, 15) is 9.18 Å². The van der Waals surface area contributed by atoms with Gasteiger partial charge in [0.25, 0.3) is 0 Å². The molecule has 0 radical (unpaired) electrons. The Morgan fingerprint density at radius 1 is 1.04 bits per heavy atom. The fraction of sp³-hybridized carbons (Fsp3) is 0.111. The second-order valence-electron chi connectivity index (χ2n) is 5.67. The molecular weight excluding hydrogens is 321 g/mol. The molecule has 0 fully saturated rings.